The largest absolute Gasteiger partial charge is 0.497 e. The molecule has 0 aliphatic carbocycles. The third kappa shape index (κ3) is 4.40. The Balaban J connectivity index is 1.57. The normalized spacial score (nSPS) is 10.4. The Morgan fingerprint density at radius 3 is 2.46 bits per heavy atom. The average Bonchev–Trinajstić information content (AvgIpc) is 2.70. The molecule has 0 atom stereocenters. The van der Waals surface area contributed by atoms with Crippen molar-refractivity contribution in [3.8, 4) is 17.2 Å². The van der Waals surface area contributed by atoms with Crippen LogP contribution in [0.5, 0.6) is 17.2 Å². The van der Waals surface area contributed by atoms with E-state index in [0.717, 1.165) is 27.6 Å². The second kappa shape index (κ2) is 8.49. The molecule has 0 unspecified atom stereocenters. The van der Waals surface area contributed by atoms with Crippen LogP contribution in [0.25, 0.3) is 10.8 Å². The molecule has 0 aromatic heterocycles. The highest BCUT2D eigenvalue weighted by Gasteiger charge is 2.09. The maximum Gasteiger partial charge on any atom is 0.267 e. The Bertz CT molecular complexity index is 913. The molecule has 134 valence electrons. The number of hydrogen-bond acceptors (Lipinski definition) is 5. The van der Waals surface area contributed by atoms with E-state index >= 15 is 0 Å². The van der Waals surface area contributed by atoms with Crippen molar-refractivity contribution in [2.24, 2.45) is 0 Å². The molecule has 5 nitrogen and oxygen atoms in total. The minimum absolute atomic E-state index is 0.0718. The molecule has 0 saturated heterocycles. The number of ether oxygens (including phenoxy) is 3. The fraction of sp³-hybridized carbons (Fsp3) is 0.150. The monoisotopic (exact) mass is 369 g/mol. The molecule has 3 aromatic rings. The minimum atomic E-state index is -0.243. The van der Waals surface area contributed by atoms with Crippen molar-refractivity contribution in [3.05, 3.63) is 60.7 Å². The van der Waals surface area contributed by atoms with E-state index in [2.05, 4.69) is 4.72 Å². The molecule has 0 spiro atoms. The van der Waals surface area contributed by atoms with Gasteiger partial charge in [0, 0.05) is 0 Å². The summed E-state index contributed by atoms with van der Waals surface area (Å²) in [4.78, 5) is 12.8. The van der Waals surface area contributed by atoms with Gasteiger partial charge in [-0.3, -0.25) is 9.52 Å². The van der Waals surface area contributed by atoms with Crippen LogP contribution in [0.3, 0.4) is 0 Å². The zero-order valence-electron chi connectivity index (χ0n) is 14.5. The Morgan fingerprint density at radius 2 is 1.69 bits per heavy atom. The lowest BCUT2D eigenvalue weighted by Crippen LogP contribution is -2.23. The van der Waals surface area contributed by atoms with Gasteiger partial charge in [0.15, 0.2) is 6.61 Å². The van der Waals surface area contributed by atoms with Gasteiger partial charge in [-0.05, 0) is 53.1 Å². The summed E-state index contributed by atoms with van der Waals surface area (Å²) in [5, 5.41) is 2.20. The molecule has 1 amide bonds. The lowest BCUT2D eigenvalue weighted by atomic mass is 10.1. The predicted molar refractivity (Wildman–Crippen MR) is 103 cm³/mol. The number of rotatable bonds is 7. The van der Waals surface area contributed by atoms with Crippen LogP contribution in [0, 0.1) is 0 Å². The molecule has 0 saturated carbocycles. The van der Waals surface area contributed by atoms with Gasteiger partial charge in [0.2, 0.25) is 0 Å². The van der Waals surface area contributed by atoms with Gasteiger partial charge in [0.1, 0.15) is 17.2 Å². The molecule has 0 radical (unpaired) electrons. The number of carbonyl (C=O) groups excluding carboxylic acids is 1. The molecule has 3 rings (SSSR count). The van der Waals surface area contributed by atoms with Crippen LogP contribution in [-0.2, 0) is 4.79 Å². The van der Waals surface area contributed by atoms with E-state index in [1.165, 1.54) is 0 Å². The zero-order chi connectivity index (χ0) is 18.4. The first-order valence-corrected chi connectivity index (χ1v) is 8.80. The van der Waals surface area contributed by atoms with Gasteiger partial charge in [0.05, 0.1) is 19.1 Å². The van der Waals surface area contributed by atoms with Gasteiger partial charge in [-0.1, -0.05) is 30.3 Å². The van der Waals surface area contributed by atoms with Crippen molar-refractivity contribution < 1.29 is 19.0 Å². The van der Waals surface area contributed by atoms with Gasteiger partial charge in [0.25, 0.3) is 5.91 Å². The Hall–Kier alpha value is -2.86. The molecule has 0 aliphatic rings. The first-order chi connectivity index (χ1) is 12.7. The smallest absolute Gasteiger partial charge is 0.267 e. The lowest BCUT2D eigenvalue weighted by molar-refractivity contribution is -0.121. The third-order valence-corrected chi connectivity index (χ3v) is 4.61. The van der Waals surface area contributed by atoms with Gasteiger partial charge in [-0.25, -0.2) is 0 Å². The van der Waals surface area contributed by atoms with Crippen LogP contribution < -0.4 is 18.9 Å². The van der Waals surface area contributed by atoms with E-state index in [1.54, 1.807) is 32.4 Å². The van der Waals surface area contributed by atoms with Crippen LogP contribution in [0.4, 0.5) is 0 Å². The van der Waals surface area contributed by atoms with Crippen LogP contribution in [0.15, 0.2) is 65.6 Å². The van der Waals surface area contributed by atoms with E-state index in [-0.39, 0.29) is 12.5 Å². The Morgan fingerprint density at radius 1 is 0.923 bits per heavy atom. The Kier molecular flexibility index (Phi) is 5.86. The number of fused-ring (bicyclic) bond motifs is 1. The average molecular weight is 369 g/mol. The molecule has 0 bridgehead atoms. The van der Waals surface area contributed by atoms with E-state index in [0.29, 0.717) is 17.2 Å². The molecule has 26 heavy (non-hydrogen) atoms. The Labute approximate surface area is 156 Å². The van der Waals surface area contributed by atoms with Crippen LogP contribution in [0.1, 0.15) is 0 Å². The fourth-order valence-corrected chi connectivity index (χ4v) is 3.12. The molecule has 1 N–H and O–H groups in total. The van der Waals surface area contributed by atoms with Crippen molar-refractivity contribution in [2.45, 2.75) is 4.90 Å². The highest BCUT2D eigenvalue weighted by Crippen LogP contribution is 2.31. The summed E-state index contributed by atoms with van der Waals surface area (Å²) in [5.74, 6) is 1.76. The quantitative estimate of drug-likeness (QED) is 0.637. The van der Waals surface area contributed by atoms with Gasteiger partial charge >= 0.3 is 0 Å². The summed E-state index contributed by atoms with van der Waals surface area (Å²) in [5.41, 5.74) is 0. The maximum absolute atomic E-state index is 12.1. The first-order valence-electron chi connectivity index (χ1n) is 7.99. The molecular formula is C20H19NO4S. The summed E-state index contributed by atoms with van der Waals surface area (Å²) in [6, 6.07) is 19.1. The topological polar surface area (TPSA) is 56.8 Å². The van der Waals surface area contributed by atoms with Gasteiger partial charge in [-0.15, -0.1) is 0 Å². The van der Waals surface area contributed by atoms with Crippen molar-refractivity contribution >= 4 is 28.6 Å². The second-order valence-electron chi connectivity index (χ2n) is 5.44. The second-order valence-corrected chi connectivity index (χ2v) is 6.29. The summed E-state index contributed by atoms with van der Waals surface area (Å²) in [6.45, 7) is -0.0718. The maximum atomic E-state index is 12.1. The number of nitrogens with one attached hydrogen (secondary N) is 1. The van der Waals surface area contributed by atoms with Crippen LogP contribution in [-0.4, -0.2) is 26.7 Å². The number of hydrogen-bond donors (Lipinski definition) is 1. The third-order valence-electron chi connectivity index (χ3n) is 3.74. The summed E-state index contributed by atoms with van der Waals surface area (Å²) < 4.78 is 18.8. The van der Waals surface area contributed by atoms with Crippen LogP contribution in [0.2, 0.25) is 0 Å². The minimum Gasteiger partial charge on any atom is -0.497 e. The van der Waals surface area contributed by atoms with Crippen molar-refractivity contribution in [1.29, 1.82) is 0 Å². The van der Waals surface area contributed by atoms with Crippen molar-refractivity contribution in [1.82, 2.24) is 4.72 Å². The summed E-state index contributed by atoms with van der Waals surface area (Å²) >= 11 is 1.16. The fourth-order valence-electron chi connectivity index (χ4n) is 2.41. The van der Waals surface area contributed by atoms with E-state index in [4.69, 9.17) is 14.2 Å². The summed E-state index contributed by atoms with van der Waals surface area (Å²) in [7, 11) is 3.17. The molecule has 0 aliphatic heterocycles. The lowest BCUT2D eigenvalue weighted by Gasteiger charge is -2.11. The van der Waals surface area contributed by atoms with E-state index in [1.807, 2.05) is 42.5 Å². The van der Waals surface area contributed by atoms with Gasteiger partial charge < -0.3 is 14.2 Å². The summed E-state index contributed by atoms with van der Waals surface area (Å²) in [6.07, 6.45) is 0. The molecular weight excluding hydrogens is 350 g/mol. The van der Waals surface area contributed by atoms with Crippen molar-refractivity contribution in [3.63, 3.8) is 0 Å². The SMILES string of the molecule is COc1ccc(OC)c(SNC(=O)COc2ccc3ccccc3c2)c1. The van der Waals surface area contributed by atoms with E-state index in [9.17, 15) is 4.79 Å². The van der Waals surface area contributed by atoms with Crippen LogP contribution >= 0.6 is 11.9 Å². The highest BCUT2D eigenvalue weighted by atomic mass is 32.2. The molecule has 0 heterocycles. The molecule has 6 heteroatoms. The van der Waals surface area contributed by atoms with Gasteiger partial charge in [-0.2, -0.15) is 0 Å². The predicted octanol–water partition coefficient (Wildman–Crippen LogP) is 4.06. The number of methoxy groups -OCH3 is 2. The number of amides is 1. The standard InChI is InChI=1S/C20H19NO4S/c1-23-16-9-10-18(24-2)19(12-16)26-21-20(22)13-25-17-8-7-14-5-3-4-6-15(14)11-17/h3-12H,13H2,1-2H3,(H,21,22). The number of benzene rings is 3. The molecule has 0 fully saturated rings. The molecule has 3 aromatic carbocycles. The van der Waals surface area contributed by atoms with Crippen molar-refractivity contribution in [2.75, 3.05) is 20.8 Å². The number of carbonyl (C=O) groups is 1. The van der Waals surface area contributed by atoms with E-state index < -0.39 is 0 Å². The first kappa shape index (κ1) is 17.9. The zero-order valence-corrected chi connectivity index (χ0v) is 15.3. The highest BCUT2D eigenvalue weighted by molar-refractivity contribution is 7.98.